The van der Waals surface area contributed by atoms with E-state index in [2.05, 4.69) is 47.6 Å². The first-order valence-electron chi connectivity index (χ1n) is 11.1. The molecule has 1 N–H and O–H groups in total. The van der Waals surface area contributed by atoms with Gasteiger partial charge in [0.05, 0.1) is 27.8 Å². The van der Waals surface area contributed by atoms with Crippen molar-refractivity contribution in [3.05, 3.63) is 63.7 Å². The summed E-state index contributed by atoms with van der Waals surface area (Å²) >= 11 is 1.70. The Bertz CT molecular complexity index is 1240. The molecule has 3 heterocycles. The molecule has 0 atom stereocenters. The SMILES string of the molecule is Cc1csc(CCCCNC(=O)c2cc(-c3ccccc3C)nc3c2cnn3C(C)C)n1. The standard InChI is InChI=1S/C25H29N5OS/c1-16(2)30-24-21(14-27-30)20(13-22(29-24)19-10-6-5-9-17(19)3)25(31)26-12-8-7-11-23-28-18(4)15-32-23/h5-6,9-10,13-16H,7-8,11-12H2,1-4H3,(H,26,31). The maximum absolute atomic E-state index is 13.2. The van der Waals surface area contributed by atoms with Gasteiger partial charge in [0.25, 0.3) is 5.91 Å². The number of carbonyl (C=O) groups excluding carboxylic acids is 1. The summed E-state index contributed by atoms with van der Waals surface area (Å²) in [5.41, 5.74) is 5.38. The Labute approximate surface area is 192 Å². The molecule has 0 unspecified atom stereocenters. The molecule has 1 amide bonds. The van der Waals surface area contributed by atoms with Crippen LogP contribution in [0.2, 0.25) is 0 Å². The number of pyridine rings is 1. The minimum absolute atomic E-state index is 0.0827. The van der Waals surface area contributed by atoms with Crippen LogP contribution in [0.15, 0.2) is 41.9 Å². The maximum Gasteiger partial charge on any atom is 0.252 e. The summed E-state index contributed by atoms with van der Waals surface area (Å²) in [7, 11) is 0. The second kappa shape index (κ2) is 9.61. The highest BCUT2D eigenvalue weighted by molar-refractivity contribution is 7.09. The third-order valence-corrected chi connectivity index (χ3v) is 6.52. The average Bonchev–Trinajstić information content (AvgIpc) is 3.39. The molecule has 3 aromatic heterocycles. The first kappa shape index (κ1) is 22.1. The largest absolute Gasteiger partial charge is 0.352 e. The number of hydrogen-bond donors (Lipinski definition) is 1. The molecule has 6 nitrogen and oxygen atoms in total. The van der Waals surface area contributed by atoms with E-state index in [0.717, 1.165) is 57.8 Å². The Hall–Kier alpha value is -3.06. The zero-order chi connectivity index (χ0) is 22.7. The van der Waals surface area contributed by atoms with Crippen LogP contribution in [-0.4, -0.2) is 32.2 Å². The van der Waals surface area contributed by atoms with Gasteiger partial charge in [-0.2, -0.15) is 5.10 Å². The van der Waals surface area contributed by atoms with E-state index in [4.69, 9.17) is 4.98 Å². The Morgan fingerprint density at radius 3 is 2.69 bits per heavy atom. The van der Waals surface area contributed by atoms with Gasteiger partial charge >= 0.3 is 0 Å². The van der Waals surface area contributed by atoms with Crippen LogP contribution in [0.5, 0.6) is 0 Å². The van der Waals surface area contributed by atoms with Crippen LogP contribution in [0.4, 0.5) is 0 Å². The first-order chi connectivity index (χ1) is 15.4. The number of aromatic nitrogens is 4. The van der Waals surface area contributed by atoms with E-state index in [1.807, 2.05) is 35.9 Å². The number of nitrogens with one attached hydrogen (secondary N) is 1. The quantitative estimate of drug-likeness (QED) is 0.362. The number of thiazole rings is 1. The molecule has 0 spiro atoms. The maximum atomic E-state index is 13.2. The lowest BCUT2D eigenvalue weighted by Gasteiger charge is -2.12. The Morgan fingerprint density at radius 2 is 1.97 bits per heavy atom. The molecule has 0 aliphatic rings. The molecule has 0 aliphatic carbocycles. The second-order valence-electron chi connectivity index (χ2n) is 8.39. The number of unbranched alkanes of at least 4 members (excludes halogenated alkanes) is 1. The number of aryl methyl sites for hydroxylation is 3. The molecule has 166 valence electrons. The van der Waals surface area contributed by atoms with Crippen LogP contribution < -0.4 is 5.32 Å². The predicted octanol–water partition coefficient (Wildman–Crippen LogP) is 5.51. The molecule has 0 saturated heterocycles. The van der Waals surface area contributed by atoms with Gasteiger partial charge in [0.2, 0.25) is 0 Å². The fourth-order valence-electron chi connectivity index (χ4n) is 3.80. The van der Waals surface area contributed by atoms with Gasteiger partial charge in [-0.3, -0.25) is 4.79 Å². The molecular weight excluding hydrogens is 418 g/mol. The highest BCUT2D eigenvalue weighted by atomic mass is 32.1. The van der Waals surface area contributed by atoms with Gasteiger partial charge in [-0.15, -0.1) is 11.3 Å². The van der Waals surface area contributed by atoms with Crippen LogP contribution in [0.1, 0.15) is 59.4 Å². The number of rotatable bonds is 8. The van der Waals surface area contributed by atoms with Crippen molar-refractivity contribution in [3.63, 3.8) is 0 Å². The minimum Gasteiger partial charge on any atom is -0.352 e. The average molecular weight is 448 g/mol. The lowest BCUT2D eigenvalue weighted by Crippen LogP contribution is -2.25. The van der Waals surface area contributed by atoms with Crippen molar-refractivity contribution < 1.29 is 4.79 Å². The van der Waals surface area contributed by atoms with E-state index in [9.17, 15) is 4.79 Å². The molecule has 0 bridgehead atoms. The van der Waals surface area contributed by atoms with Crippen LogP contribution in [0.25, 0.3) is 22.3 Å². The van der Waals surface area contributed by atoms with Crippen molar-refractivity contribution in [1.29, 1.82) is 0 Å². The van der Waals surface area contributed by atoms with Gasteiger partial charge in [0.1, 0.15) is 0 Å². The normalized spacial score (nSPS) is 11.4. The number of amides is 1. The molecule has 4 rings (SSSR count). The summed E-state index contributed by atoms with van der Waals surface area (Å²) in [6.45, 7) is 8.84. The lowest BCUT2D eigenvalue weighted by molar-refractivity contribution is 0.0954. The van der Waals surface area contributed by atoms with Crippen LogP contribution in [0.3, 0.4) is 0 Å². The zero-order valence-electron chi connectivity index (χ0n) is 19.1. The fraction of sp³-hybridized carbons (Fsp3) is 0.360. The van der Waals surface area contributed by atoms with Crippen LogP contribution in [0, 0.1) is 13.8 Å². The molecule has 0 saturated carbocycles. The Kier molecular flexibility index (Phi) is 6.65. The topological polar surface area (TPSA) is 72.7 Å². The number of benzene rings is 1. The number of fused-ring (bicyclic) bond motifs is 1. The minimum atomic E-state index is -0.0827. The summed E-state index contributed by atoms with van der Waals surface area (Å²) < 4.78 is 1.88. The van der Waals surface area contributed by atoms with E-state index in [0.29, 0.717) is 12.1 Å². The van der Waals surface area contributed by atoms with Gasteiger partial charge in [0.15, 0.2) is 5.65 Å². The Balaban J connectivity index is 1.55. The fourth-order valence-corrected chi connectivity index (χ4v) is 4.62. The molecule has 0 radical (unpaired) electrons. The van der Waals surface area contributed by atoms with Crippen LogP contribution in [-0.2, 0) is 6.42 Å². The molecule has 32 heavy (non-hydrogen) atoms. The van der Waals surface area contributed by atoms with Crippen LogP contribution >= 0.6 is 11.3 Å². The first-order valence-corrected chi connectivity index (χ1v) is 12.0. The van der Waals surface area contributed by atoms with Gasteiger partial charge in [-0.1, -0.05) is 24.3 Å². The van der Waals surface area contributed by atoms with Crippen molar-refractivity contribution in [2.24, 2.45) is 0 Å². The summed E-state index contributed by atoms with van der Waals surface area (Å²) in [4.78, 5) is 22.5. The van der Waals surface area contributed by atoms with Gasteiger partial charge < -0.3 is 5.32 Å². The Morgan fingerprint density at radius 1 is 1.16 bits per heavy atom. The van der Waals surface area contributed by atoms with E-state index in [1.165, 1.54) is 0 Å². The van der Waals surface area contributed by atoms with E-state index < -0.39 is 0 Å². The number of hydrogen-bond acceptors (Lipinski definition) is 5. The third-order valence-electron chi connectivity index (χ3n) is 5.49. The third kappa shape index (κ3) is 4.72. The second-order valence-corrected chi connectivity index (χ2v) is 9.33. The van der Waals surface area contributed by atoms with Crippen molar-refractivity contribution >= 4 is 28.3 Å². The molecule has 0 fully saturated rings. The summed E-state index contributed by atoms with van der Waals surface area (Å²) in [6, 6.07) is 10.2. The molecule has 0 aliphatic heterocycles. The zero-order valence-corrected chi connectivity index (χ0v) is 19.9. The summed E-state index contributed by atoms with van der Waals surface area (Å²) in [5, 5.41) is 11.6. The highest BCUT2D eigenvalue weighted by Gasteiger charge is 2.19. The molecule has 7 heteroatoms. The van der Waals surface area contributed by atoms with Gasteiger partial charge in [-0.25, -0.2) is 14.6 Å². The van der Waals surface area contributed by atoms with E-state index >= 15 is 0 Å². The highest BCUT2D eigenvalue weighted by Crippen LogP contribution is 2.28. The van der Waals surface area contributed by atoms with Gasteiger partial charge in [0, 0.05) is 29.2 Å². The van der Waals surface area contributed by atoms with E-state index in [-0.39, 0.29) is 11.9 Å². The van der Waals surface area contributed by atoms with Gasteiger partial charge in [-0.05, 0) is 58.6 Å². The van der Waals surface area contributed by atoms with Crippen molar-refractivity contribution in [3.8, 4) is 11.3 Å². The molecule has 1 aromatic carbocycles. The van der Waals surface area contributed by atoms with Crippen molar-refractivity contribution in [1.82, 2.24) is 25.1 Å². The number of carbonyl (C=O) groups is 1. The summed E-state index contributed by atoms with van der Waals surface area (Å²) in [5.74, 6) is -0.0827. The molecular formula is C25H29N5OS. The summed E-state index contributed by atoms with van der Waals surface area (Å²) in [6.07, 6.45) is 4.61. The van der Waals surface area contributed by atoms with Crippen molar-refractivity contribution in [2.45, 2.75) is 53.0 Å². The number of nitrogens with zero attached hydrogens (tertiary/aromatic N) is 4. The van der Waals surface area contributed by atoms with Crippen molar-refractivity contribution in [2.75, 3.05) is 6.54 Å². The lowest BCUT2D eigenvalue weighted by atomic mass is 10.0. The smallest absolute Gasteiger partial charge is 0.252 e. The predicted molar refractivity (Wildman–Crippen MR) is 130 cm³/mol. The van der Waals surface area contributed by atoms with E-state index in [1.54, 1.807) is 17.5 Å². The monoisotopic (exact) mass is 447 g/mol. The molecule has 4 aromatic rings.